The average molecular weight is 358 g/mol. The van der Waals surface area contributed by atoms with Crippen molar-refractivity contribution in [3.05, 3.63) is 64.2 Å². The van der Waals surface area contributed by atoms with Gasteiger partial charge in [0.2, 0.25) is 0 Å². The van der Waals surface area contributed by atoms with Gasteiger partial charge in [-0.15, -0.1) is 0 Å². The predicted octanol–water partition coefficient (Wildman–Crippen LogP) is 3.15. The molecule has 25 heavy (non-hydrogen) atoms. The molecule has 3 rings (SSSR count). The largest absolute Gasteiger partial charge is 0.336 e. The summed E-state index contributed by atoms with van der Waals surface area (Å²) in [4.78, 5) is 14.6. The van der Waals surface area contributed by atoms with E-state index in [-0.39, 0.29) is 5.91 Å². The van der Waals surface area contributed by atoms with E-state index in [1.54, 1.807) is 27.5 Å². The van der Waals surface area contributed by atoms with E-state index in [0.717, 1.165) is 17.1 Å². The second-order valence-corrected chi connectivity index (χ2v) is 6.42. The Morgan fingerprint density at radius 2 is 1.92 bits per heavy atom. The van der Waals surface area contributed by atoms with Gasteiger partial charge >= 0.3 is 0 Å². The lowest BCUT2D eigenvalue weighted by Gasteiger charge is -2.18. The van der Waals surface area contributed by atoms with E-state index < -0.39 is 0 Å². The molecule has 0 N–H and O–H groups in total. The molecule has 1 amide bonds. The molecule has 130 valence electrons. The number of aryl methyl sites for hydroxylation is 2. The third kappa shape index (κ3) is 3.17. The van der Waals surface area contributed by atoms with Crippen molar-refractivity contribution in [2.45, 2.75) is 20.4 Å². The maximum atomic E-state index is 13.0. The zero-order chi connectivity index (χ0) is 18.1. The van der Waals surface area contributed by atoms with Crippen LogP contribution >= 0.6 is 11.6 Å². The van der Waals surface area contributed by atoms with Gasteiger partial charge in [0.25, 0.3) is 5.91 Å². The molecule has 6 nitrogen and oxygen atoms in total. The van der Waals surface area contributed by atoms with Crippen LogP contribution in [0.2, 0.25) is 5.02 Å². The number of benzene rings is 1. The molecule has 0 spiro atoms. The zero-order valence-electron chi connectivity index (χ0n) is 14.7. The average Bonchev–Trinajstić information content (AvgIpc) is 3.08. The van der Waals surface area contributed by atoms with Gasteiger partial charge in [-0.1, -0.05) is 29.8 Å². The molecule has 0 fully saturated rings. The summed E-state index contributed by atoms with van der Waals surface area (Å²) >= 11 is 6.15. The Morgan fingerprint density at radius 3 is 2.52 bits per heavy atom. The Labute approximate surface area is 151 Å². The first-order valence-electron chi connectivity index (χ1n) is 7.93. The molecule has 2 aromatic heterocycles. The standard InChI is InChI=1S/C18H20ClN5O/c1-12-17(13(2)24(21-12)14-8-6-5-7-9-14)18(25)22(3)11-16-15(19)10-20-23(16)4/h5-10H,11H2,1-4H3. The molecular weight excluding hydrogens is 338 g/mol. The normalized spacial score (nSPS) is 10.9. The van der Waals surface area contributed by atoms with Gasteiger partial charge in [0.15, 0.2) is 0 Å². The van der Waals surface area contributed by atoms with Gasteiger partial charge in [-0.2, -0.15) is 10.2 Å². The van der Waals surface area contributed by atoms with Crippen LogP contribution in [0.25, 0.3) is 5.69 Å². The first kappa shape index (κ1) is 17.2. The molecule has 7 heteroatoms. The quantitative estimate of drug-likeness (QED) is 0.720. The van der Waals surface area contributed by atoms with Gasteiger partial charge in [0.1, 0.15) is 0 Å². The second-order valence-electron chi connectivity index (χ2n) is 6.02. The number of halogens is 1. The minimum absolute atomic E-state index is 0.0885. The van der Waals surface area contributed by atoms with Crippen molar-refractivity contribution in [1.82, 2.24) is 24.5 Å². The first-order chi connectivity index (χ1) is 11.9. The second kappa shape index (κ2) is 6.72. The molecule has 0 radical (unpaired) electrons. The van der Waals surface area contributed by atoms with Crippen LogP contribution in [-0.4, -0.2) is 37.4 Å². The monoisotopic (exact) mass is 357 g/mol. The van der Waals surface area contributed by atoms with Crippen LogP contribution in [0.1, 0.15) is 27.4 Å². The van der Waals surface area contributed by atoms with E-state index in [0.29, 0.717) is 22.8 Å². The van der Waals surface area contributed by atoms with Crippen molar-refractivity contribution in [3.8, 4) is 5.69 Å². The van der Waals surface area contributed by atoms with E-state index >= 15 is 0 Å². The summed E-state index contributed by atoms with van der Waals surface area (Å²) in [5.74, 6) is -0.0885. The fraction of sp³-hybridized carbons (Fsp3) is 0.278. The van der Waals surface area contributed by atoms with Crippen LogP contribution in [0.15, 0.2) is 36.5 Å². The SMILES string of the molecule is Cc1nn(-c2ccccc2)c(C)c1C(=O)N(C)Cc1c(Cl)cnn1C. The Morgan fingerprint density at radius 1 is 1.24 bits per heavy atom. The first-order valence-corrected chi connectivity index (χ1v) is 8.31. The summed E-state index contributed by atoms with van der Waals surface area (Å²) < 4.78 is 3.48. The van der Waals surface area contributed by atoms with Crippen molar-refractivity contribution in [3.63, 3.8) is 0 Å². The van der Waals surface area contributed by atoms with E-state index in [2.05, 4.69) is 10.2 Å². The Hall–Kier alpha value is -2.60. The third-order valence-corrected chi connectivity index (χ3v) is 4.57. The number of amides is 1. The Kier molecular flexibility index (Phi) is 4.63. The predicted molar refractivity (Wildman–Crippen MR) is 97.1 cm³/mol. The molecule has 0 aliphatic rings. The Balaban J connectivity index is 1.91. The van der Waals surface area contributed by atoms with E-state index in [9.17, 15) is 4.79 Å². The van der Waals surface area contributed by atoms with Gasteiger partial charge in [0, 0.05) is 14.1 Å². The number of para-hydroxylation sites is 1. The number of carbonyl (C=O) groups is 1. The molecule has 0 atom stereocenters. The number of hydrogen-bond acceptors (Lipinski definition) is 3. The van der Waals surface area contributed by atoms with Crippen molar-refractivity contribution in [2.24, 2.45) is 7.05 Å². The maximum Gasteiger partial charge on any atom is 0.257 e. The molecule has 0 aliphatic heterocycles. The van der Waals surface area contributed by atoms with Gasteiger partial charge in [0.05, 0.1) is 46.1 Å². The van der Waals surface area contributed by atoms with Crippen molar-refractivity contribution >= 4 is 17.5 Å². The van der Waals surface area contributed by atoms with Crippen LogP contribution in [0.3, 0.4) is 0 Å². The van der Waals surface area contributed by atoms with Crippen LogP contribution in [-0.2, 0) is 13.6 Å². The van der Waals surface area contributed by atoms with E-state index in [4.69, 9.17) is 11.6 Å². The smallest absolute Gasteiger partial charge is 0.257 e. The van der Waals surface area contributed by atoms with Gasteiger partial charge in [-0.3, -0.25) is 9.48 Å². The number of carbonyl (C=O) groups excluding carboxylic acids is 1. The number of nitrogens with zero attached hydrogens (tertiary/aromatic N) is 5. The maximum absolute atomic E-state index is 13.0. The number of aromatic nitrogens is 4. The van der Waals surface area contributed by atoms with Crippen LogP contribution in [0.4, 0.5) is 0 Å². The minimum atomic E-state index is -0.0885. The molecule has 0 saturated heterocycles. The molecule has 2 heterocycles. The minimum Gasteiger partial charge on any atom is -0.336 e. The molecule has 0 unspecified atom stereocenters. The molecule has 1 aromatic carbocycles. The number of rotatable bonds is 4. The number of hydrogen-bond donors (Lipinski definition) is 0. The van der Waals surface area contributed by atoms with Crippen molar-refractivity contribution in [1.29, 1.82) is 0 Å². The summed E-state index contributed by atoms with van der Waals surface area (Å²) in [5, 5.41) is 9.20. The van der Waals surface area contributed by atoms with Crippen molar-refractivity contribution < 1.29 is 4.79 Å². The summed E-state index contributed by atoms with van der Waals surface area (Å²) in [6, 6.07) is 9.78. The van der Waals surface area contributed by atoms with E-state index in [1.165, 1.54) is 0 Å². The molecule has 0 saturated carbocycles. The summed E-state index contributed by atoms with van der Waals surface area (Å²) in [6.07, 6.45) is 1.58. The van der Waals surface area contributed by atoms with Crippen LogP contribution < -0.4 is 0 Å². The van der Waals surface area contributed by atoms with Crippen LogP contribution in [0.5, 0.6) is 0 Å². The van der Waals surface area contributed by atoms with Crippen LogP contribution in [0, 0.1) is 13.8 Å². The lowest BCUT2D eigenvalue weighted by Crippen LogP contribution is -2.28. The van der Waals surface area contributed by atoms with Gasteiger partial charge < -0.3 is 4.90 Å². The highest BCUT2D eigenvalue weighted by atomic mass is 35.5. The third-order valence-electron chi connectivity index (χ3n) is 4.25. The van der Waals surface area contributed by atoms with Gasteiger partial charge in [-0.05, 0) is 26.0 Å². The highest BCUT2D eigenvalue weighted by molar-refractivity contribution is 6.31. The summed E-state index contributed by atoms with van der Waals surface area (Å²) in [6.45, 7) is 4.14. The zero-order valence-corrected chi connectivity index (χ0v) is 15.4. The highest BCUT2D eigenvalue weighted by Gasteiger charge is 2.23. The fourth-order valence-electron chi connectivity index (χ4n) is 2.87. The molecular formula is C18H20ClN5O. The fourth-order valence-corrected chi connectivity index (χ4v) is 3.10. The topological polar surface area (TPSA) is 56.0 Å². The summed E-state index contributed by atoms with van der Waals surface area (Å²) in [5.41, 5.74) is 3.86. The van der Waals surface area contributed by atoms with Crippen molar-refractivity contribution in [2.75, 3.05) is 7.05 Å². The van der Waals surface area contributed by atoms with E-state index in [1.807, 2.05) is 51.2 Å². The molecule has 0 bridgehead atoms. The summed E-state index contributed by atoms with van der Waals surface area (Å²) in [7, 11) is 3.56. The highest BCUT2D eigenvalue weighted by Crippen LogP contribution is 2.21. The molecule has 0 aliphatic carbocycles. The van der Waals surface area contributed by atoms with Gasteiger partial charge in [-0.25, -0.2) is 4.68 Å². The molecule has 3 aromatic rings. The Bertz CT molecular complexity index is 894. The lowest BCUT2D eigenvalue weighted by atomic mass is 10.1. The lowest BCUT2D eigenvalue weighted by molar-refractivity contribution is 0.0780.